The Bertz CT molecular complexity index is 1060. The molecule has 0 aromatic heterocycles. The number of anilines is 2. The summed E-state index contributed by atoms with van der Waals surface area (Å²) in [5.74, 6) is -0.971. The zero-order valence-corrected chi connectivity index (χ0v) is 16.4. The van der Waals surface area contributed by atoms with E-state index in [0.717, 1.165) is 17.5 Å². The molecule has 2 bridgehead atoms. The van der Waals surface area contributed by atoms with Gasteiger partial charge in [-0.2, -0.15) is 0 Å². The van der Waals surface area contributed by atoms with Crippen LogP contribution in [0.25, 0.3) is 0 Å². The number of carbonyl (C=O) groups excluding carboxylic acids is 3. The fourth-order valence-electron chi connectivity index (χ4n) is 5.02. The normalized spacial score (nSPS) is 26.9. The smallest absolute Gasteiger partial charge is 0.257 e. The number of carbonyl (C=O) groups is 3. The van der Waals surface area contributed by atoms with Gasteiger partial charge in [0.25, 0.3) is 5.91 Å². The first kappa shape index (κ1) is 17.9. The molecule has 5 rings (SSSR count). The Morgan fingerprint density at radius 3 is 2.24 bits per heavy atom. The SMILES string of the molecule is Cc1ccc(NC(=O)c2ccccc2N2C(=O)[C@@H]3[C@H](C2=O)[C@@H]2C=C[C@H]3C2)cc1C. The average molecular weight is 386 g/mol. The highest BCUT2D eigenvalue weighted by atomic mass is 16.2. The molecule has 3 amide bonds. The number of aryl methyl sites for hydroxylation is 2. The molecule has 2 aliphatic carbocycles. The van der Waals surface area contributed by atoms with Crippen LogP contribution in [0.15, 0.2) is 54.6 Å². The first-order chi connectivity index (χ1) is 14.0. The van der Waals surface area contributed by atoms with E-state index in [9.17, 15) is 14.4 Å². The molecule has 2 fully saturated rings. The first-order valence-corrected chi connectivity index (χ1v) is 9.99. The van der Waals surface area contributed by atoms with E-state index in [2.05, 4.69) is 17.5 Å². The van der Waals surface area contributed by atoms with Gasteiger partial charge in [-0.15, -0.1) is 0 Å². The van der Waals surface area contributed by atoms with E-state index >= 15 is 0 Å². The summed E-state index contributed by atoms with van der Waals surface area (Å²) in [6, 6.07) is 12.6. The Hall–Kier alpha value is -3.21. The van der Waals surface area contributed by atoms with Gasteiger partial charge in [0.05, 0.1) is 23.1 Å². The Kier molecular flexibility index (Phi) is 3.95. The molecule has 1 N–H and O–H groups in total. The summed E-state index contributed by atoms with van der Waals surface area (Å²) in [4.78, 5) is 40.5. The second-order valence-corrected chi connectivity index (χ2v) is 8.28. The lowest BCUT2D eigenvalue weighted by Crippen LogP contribution is -2.34. The van der Waals surface area contributed by atoms with Gasteiger partial charge in [-0.25, -0.2) is 4.90 Å². The molecule has 4 atom stereocenters. The van der Waals surface area contributed by atoms with Crippen molar-refractivity contribution < 1.29 is 14.4 Å². The number of para-hydroxylation sites is 1. The maximum Gasteiger partial charge on any atom is 0.257 e. The lowest BCUT2D eigenvalue weighted by molar-refractivity contribution is -0.123. The zero-order chi connectivity index (χ0) is 20.3. The third-order valence-corrected chi connectivity index (χ3v) is 6.62. The van der Waals surface area contributed by atoms with Crippen molar-refractivity contribution in [1.82, 2.24) is 0 Å². The van der Waals surface area contributed by atoms with E-state index in [1.807, 2.05) is 32.0 Å². The van der Waals surface area contributed by atoms with E-state index in [0.29, 0.717) is 16.9 Å². The van der Waals surface area contributed by atoms with Gasteiger partial charge in [-0.05, 0) is 67.5 Å². The van der Waals surface area contributed by atoms with E-state index in [1.54, 1.807) is 24.3 Å². The van der Waals surface area contributed by atoms with Crippen LogP contribution in [0.3, 0.4) is 0 Å². The highest BCUT2D eigenvalue weighted by Crippen LogP contribution is 2.53. The van der Waals surface area contributed by atoms with Crippen molar-refractivity contribution in [2.75, 3.05) is 10.2 Å². The molecule has 1 aliphatic heterocycles. The van der Waals surface area contributed by atoms with Crippen LogP contribution in [-0.2, 0) is 9.59 Å². The second-order valence-electron chi connectivity index (χ2n) is 8.28. The van der Waals surface area contributed by atoms with Crippen molar-refractivity contribution in [3.8, 4) is 0 Å². The number of benzene rings is 2. The van der Waals surface area contributed by atoms with Crippen molar-refractivity contribution in [2.24, 2.45) is 23.7 Å². The maximum absolute atomic E-state index is 13.1. The molecule has 29 heavy (non-hydrogen) atoms. The number of imide groups is 1. The van der Waals surface area contributed by atoms with Crippen molar-refractivity contribution >= 4 is 29.1 Å². The number of nitrogens with zero attached hydrogens (tertiary/aromatic N) is 1. The number of fused-ring (bicyclic) bond motifs is 5. The van der Waals surface area contributed by atoms with Crippen LogP contribution in [0.1, 0.15) is 27.9 Å². The van der Waals surface area contributed by atoms with Crippen LogP contribution in [0.2, 0.25) is 0 Å². The number of hydrogen-bond acceptors (Lipinski definition) is 3. The van der Waals surface area contributed by atoms with Crippen LogP contribution in [0.4, 0.5) is 11.4 Å². The fourth-order valence-corrected chi connectivity index (χ4v) is 5.02. The van der Waals surface area contributed by atoms with Crippen LogP contribution in [0, 0.1) is 37.5 Å². The summed E-state index contributed by atoms with van der Waals surface area (Å²) >= 11 is 0. The van der Waals surface area contributed by atoms with Gasteiger partial charge < -0.3 is 5.32 Å². The second kappa shape index (κ2) is 6.41. The number of hydrogen-bond donors (Lipinski definition) is 1. The quantitative estimate of drug-likeness (QED) is 0.643. The van der Waals surface area contributed by atoms with Gasteiger partial charge in [0, 0.05) is 5.69 Å². The fraction of sp³-hybridized carbons (Fsp3) is 0.292. The molecule has 3 aliphatic rings. The molecule has 5 nitrogen and oxygen atoms in total. The minimum atomic E-state index is -0.331. The number of amides is 3. The van der Waals surface area contributed by atoms with Gasteiger partial charge in [0.1, 0.15) is 0 Å². The number of nitrogens with one attached hydrogen (secondary N) is 1. The molecule has 0 radical (unpaired) electrons. The topological polar surface area (TPSA) is 66.5 Å². The maximum atomic E-state index is 13.1. The predicted octanol–water partition coefficient (Wildman–Crippen LogP) is 3.87. The summed E-state index contributed by atoms with van der Waals surface area (Å²) in [5.41, 5.74) is 3.61. The first-order valence-electron chi connectivity index (χ1n) is 9.99. The Labute approximate surface area is 169 Å². The third-order valence-electron chi connectivity index (χ3n) is 6.62. The molecule has 1 saturated carbocycles. The summed E-state index contributed by atoms with van der Waals surface area (Å²) in [5, 5.41) is 2.90. The molecule has 146 valence electrons. The molecule has 1 heterocycles. The van der Waals surface area contributed by atoms with Crippen LogP contribution < -0.4 is 10.2 Å². The lowest BCUT2D eigenvalue weighted by atomic mass is 9.85. The molecular weight excluding hydrogens is 364 g/mol. The molecule has 5 heteroatoms. The van der Waals surface area contributed by atoms with Crippen molar-refractivity contribution in [3.63, 3.8) is 0 Å². The monoisotopic (exact) mass is 386 g/mol. The van der Waals surface area contributed by atoms with Crippen LogP contribution in [0.5, 0.6) is 0 Å². The van der Waals surface area contributed by atoms with Gasteiger partial charge in [-0.1, -0.05) is 30.4 Å². The van der Waals surface area contributed by atoms with Gasteiger partial charge in [-0.3, -0.25) is 14.4 Å². The summed E-state index contributed by atoms with van der Waals surface area (Å²) in [6.45, 7) is 4.00. The summed E-state index contributed by atoms with van der Waals surface area (Å²) in [6.07, 6.45) is 5.02. The molecule has 2 aromatic carbocycles. The highest BCUT2D eigenvalue weighted by molar-refractivity contribution is 6.25. The Morgan fingerprint density at radius 1 is 0.931 bits per heavy atom. The van der Waals surface area contributed by atoms with E-state index < -0.39 is 0 Å². The minimum Gasteiger partial charge on any atom is -0.322 e. The van der Waals surface area contributed by atoms with E-state index in [-0.39, 0.29) is 41.4 Å². The highest BCUT2D eigenvalue weighted by Gasteiger charge is 2.59. The minimum absolute atomic E-state index is 0.142. The molecule has 0 spiro atoms. The predicted molar refractivity (Wildman–Crippen MR) is 111 cm³/mol. The summed E-state index contributed by atoms with van der Waals surface area (Å²) < 4.78 is 0. The third kappa shape index (κ3) is 2.64. The van der Waals surface area contributed by atoms with E-state index in [1.165, 1.54) is 4.90 Å². The van der Waals surface area contributed by atoms with Crippen LogP contribution in [-0.4, -0.2) is 17.7 Å². The van der Waals surface area contributed by atoms with Crippen molar-refractivity contribution in [1.29, 1.82) is 0 Å². The average Bonchev–Trinajstić information content (AvgIpc) is 3.39. The molecular formula is C24H22N2O3. The van der Waals surface area contributed by atoms with Crippen LogP contribution >= 0.6 is 0 Å². The Morgan fingerprint density at radius 2 is 1.59 bits per heavy atom. The summed E-state index contributed by atoms with van der Waals surface area (Å²) in [7, 11) is 0. The standard InChI is InChI=1S/C24H22N2O3/c1-13-7-10-17(11-14(13)2)25-22(27)18-5-3-4-6-19(18)26-23(28)20-15-8-9-16(12-15)21(20)24(26)29/h3-11,15-16,20-21H,12H2,1-2H3,(H,25,27)/t15-,16+,20-,21+. The molecule has 2 aromatic rings. The van der Waals surface area contributed by atoms with E-state index in [4.69, 9.17) is 0 Å². The van der Waals surface area contributed by atoms with Gasteiger partial charge in [0.15, 0.2) is 0 Å². The van der Waals surface area contributed by atoms with Gasteiger partial charge in [0.2, 0.25) is 11.8 Å². The van der Waals surface area contributed by atoms with Crippen molar-refractivity contribution in [3.05, 3.63) is 71.3 Å². The number of allylic oxidation sites excluding steroid dienone is 2. The lowest BCUT2D eigenvalue weighted by Gasteiger charge is -2.20. The van der Waals surface area contributed by atoms with Crippen molar-refractivity contribution in [2.45, 2.75) is 20.3 Å². The van der Waals surface area contributed by atoms with Gasteiger partial charge >= 0.3 is 0 Å². The molecule has 0 unspecified atom stereocenters. The Balaban J connectivity index is 1.47. The molecule has 1 saturated heterocycles. The largest absolute Gasteiger partial charge is 0.322 e. The number of rotatable bonds is 3. The zero-order valence-electron chi connectivity index (χ0n) is 16.4.